The minimum Gasteiger partial charge on any atom is -0.349 e. The Morgan fingerprint density at radius 3 is 2.47 bits per heavy atom. The zero-order valence-electron chi connectivity index (χ0n) is 13.2. The van der Waals surface area contributed by atoms with E-state index in [1.807, 2.05) is 0 Å². The third-order valence-corrected chi connectivity index (χ3v) is 4.92. The third kappa shape index (κ3) is 3.42. The highest BCUT2D eigenvalue weighted by Gasteiger charge is 2.26. The second kappa shape index (κ2) is 6.13. The van der Waals surface area contributed by atoms with Gasteiger partial charge in [-0.3, -0.25) is 0 Å². The SMILES string of the molecule is CCn1c(C)cc(CNCC2(C)CCCCC2)c1C. The van der Waals surface area contributed by atoms with Crippen molar-refractivity contribution in [2.24, 2.45) is 5.41 Å². The van der Waals surface area contributed by atoms with Gasteiger partial charge < -0.3 is 9.88 Å². The maximum atomic E-state index is 3.70. The summed E-state index contributed by atoms with van der Waals surface area (Å²) < 4.78 is 2.40. The van der Waals surface area contributed by atoms with E-state index in [4.69, 9.17) is 0 Å². The molecule has 1 fully saturated rings. The lowest BCUT2D eigenvalue weighted by Crippen LogP contribution is -2.33. The topological polar surface area (TPSA) is 17.0 Å². The summed E-state index contributed by atoms with van der Waals surface area (Å²) in [5.41, 5.74) is 4.83. The Hall–Kier alpha value is -0.760. The van der Waals surface area contributed by atoms with Crippen LogP contribution < -0.4 is 5.32 Å². The highest BCUT2D eigenvalue weighted by molar-refractivity contribution is 5.26. The van der Waals surface area contributed by atoms with Crippen LogP contribution >= 0.6 is 0 Å². The summed E-state index contributed by atoms with van der Waals surface area (Å²) in [5, 5.41) is 3.70. The molecule has 2 nitrogen and oxygen atoms in total. The molecule has 108 valence electrons. The van der Waals surface area contributed by atoms with Crippen LogP contribution in [0.3, 0.4) is 0 Å². The smallest absolute Gasteiger partial charge is 0.0223 e. The van der Waals surface area contributed by atoms with Gasteiger partial charge in [0.1, 0.15) is 0 Å². The number of hydrogen-bond donors (Lipinski definition) is 1. The summed E-state index contributed by atoms with van der Waals surface area (Å²) in [5.74, 6) is 0. The molecule has 0 aliphatic heterocycles. The predicted molar refractivity (Wildman–Crippen MR) is 82.5 cm³/mol. The van der Waals surface area contributed by atoms with E-state index < -0.39 is 0 Å². The first-order chi connectivity index (χ1) is 9.06. The van der Waals surface area contributed by atoms with Gasteiger partial charge in [-0.1, -0.05) is 26.2 Å². The Bertz CT molecular complexity index is 411. The lowest BCUT2D eigenvalue weighted by molar-refractivity contribution is 0.207. The number of aromatic nitrogens is 1. The van der Waals surface area contributed by atoms with Gasteiger partial charge >= 0.3 is 0 Å². The normalized spacial score (nSPS) is 18.7. The van der Waals surface area contributed by atoms with Crippen LogP contribution in [0.5, 0.6) is 0 Å². The average Bonchev–Trinajstić information content (AvgIpc) is 2.65. The van der Waals surface area contributed by atoms with Crippen molar-refractivity contribution in [2.75, 3.05) is 6.54 Å². The molecule has 1 saturated carbocycles. The molecule has 1 aliphatic rings. The first-order valence-electron chi connectivity index (χ1n) is 7.92. The molecule has 0 radical (unpaired) electrons. The molecule has 2 rings (SSSR count). The Labute approximate surface area is 118 Å². The Morgan fingerprint density at radius 1 is 1.21 bits per heavy atom. The summed E-state index contributed by atoms with van der Waals surface area (Å²) in [7, 11) is 0. The van der Waals surface area contributed by atoms with E-state index in [-0.39, 0.29) is 0 Å². The highest BCUT2D eigenvalue weighted by Crippen LogP contribution is 2.35. The van der Waals surface area contributed by atoms with E-state index in [0.29, 0.717) is 5.41 Å². The van der Waals surface area contributed by atoms with Crippen LogP contribution in [0.25, 0.3) is 0 Å². The number of nitrogens with one attached hydrogen (secondary N) is 1. The maximum Gasteiger partial charge on any atom is 0.0223 e. The molecule has 1 N–H and O–H groups in total. The summed E-state index contributed by atoms with van der Waals surface area (Å²) in [6.45, 7) is 12.4. The van der Waals surface area contributed by atoms with Crippen molar-refractivity contribution >= 4 is 0 Å². The molecule has 0 amide bonds. The molecule has 2 heteroatoms. The predicted octanol–water partition coefficient (Wildman–Crippen LogP) is 4.18. The summed E-state index contributed by atoms with van der Waals surface area (Å²) in [6, 6.07) is 2.34. The minimum atomic E-state index is 0.536. The second-order valence-corrected chi connectivity index (χ2v) is 6.62. The van der Waals surface area contributed by atoms with Gasteiger partial charge in [0.2, 0.25) is 0 Å². The lowest BCUT2D eigenvalue weighted by Gasteiger charge is -2.33. The van der Waals surface area contributed by atoms with Crippen molar-refractivity contribution in [1.82, 2.24) is 9.88 Å². The van der Waals surface area contributed by atoms with Crippen LogP contribution in [0.4, 0.5) is 0 Å². The van der Waals surface area contributed by atoms with Crippen LogP contribution in [-0.2, 0) is 13.1 Å². The molecule has 1 aromatic rings. The molecule has 1 aliphatic carbocycles. The van der Waals surface area contributed by atoms with Crippen LogP contribution in [0, 0.1) is 19.3 Å². The van der Waals surface area contributed by atoms with Gasteiger partial charge in [-0.2, -0.15) is 0 Å². The monoisotopic (exact) mass is 262 g/mol. The number of rotatable bonds is 5. The largest absolute Gasteiger partial charge is 0.349 e. The highest BCUT2D eigenvalue weighted by atomic mass is 15.0. The molecule has 1 heterocycles. The fraction of sp³-hybridized carbons (Fsp3) is 0.765. The van der Waals surface area contributed by atoms with Gasteiger partial charge in [0, 0.05) is 31.0 Å². The first-order valence-corrected chi connectivity index (χ1v) is 7.92. The molecular formula is C17H30N2. The maximum absolute atomic E-state index is 3.70. The second-order valence-electron chi connectivity index (χ2n) is 6.62. The van der Waals surface area contributed by atoms with Crippen molar-refractivity contribution in [2.45, 2.75) is 72.9 Å². The molecule has 0 aromatic carbocycles. The van der Waals surface area contributed by atoms with Gasteiger partial charge in [0.25, 0.3) is 0 Å². The first kappa shape index (κ1) is 14.6. The molecule has 0 unspecified atom stereocenters. The minimum absolute atomic E-state index is 0.536. The number of aryl methyl sites for hydroxylation is 1. The van der Waals surface area contributed by atoms with E-state index in [0.717, 1.165) is 13.1 Å². The van der Waals surface area contributed by atoms with Crippen LogP contribution in [0.2, 0.25) is 0 Å². The molecular weight excluding hydrogens is 232 g/mol. The fourth-order valence-electron chi connectivity index (χ4n) is 3.62. The van der Waals surface area contributed by atoms with Crippen molar-refractivity contribution < 1.29 is 0 Å². The standard InChI is InChI=1S/C17H30N2/c1-5-19-14(2)11-16(15(19)3)12-18-13-17(4)9-7-6-8-10-17/h11,18H,5-10,12-13H2,1-4H3. The van der Waals surface area contributed by atoms with E-state index in [9.17, 15) is 0 Å². The number of hydrogen-bond acceptors (Lipinski definition) is 1. The van der Waals surface area contributed by atoms with Gasteiger partial charge in [0.15, 0.2) is 0 Å². The Kier molecular flexibility index (Phi) is 4.72. The summed E-state index contributed by atoms with van der Waals surface area (Å²) in [4.78, 5) is 0. The van der Waals surface area contributed by atoms with E-state index in [1.54, 1.807) is 0 Å². The molecule has 0 spiro atoms. The van der Waals surface area contributed by atoms with Crippen LogP contribution in [0.1, 0.15) is 62.9 Å². The summed E-state index contributed by atoms with van der Waals surface area (Å²) >= 11 is 0. The van der Waals surface area contributed by atoms with Crippen molar-refractivity contribution in [1.29, 1.82) is 0 Å². The quantitative estimate of drug-likeness (QED) is 0.842. The number of nitrogens with zero attached hydrogens (tertiary/aromatic N) is 1. The molecule has 0 bridgehead atoms. The van der Waals surface area contributed by atoms with Crippen molar-refractivity contribution in [3.63, 3.8) is 0 Å². The average molecular weight is 262 g/mol. The zero-order chi connectivity index (χ0) is 13.9. The Morgan fingerprint density at radius 2 is 1.89 bits per heavy atom. The Balaban J connectivity index is 1.89. The van der Waals surface area contributed by atoms with E-state index >= 15 is 0 Å². The van der Waals surface area contributed by atoms with Crippen LogP contribution in [0.15, 0.2) is 6.07 Å². The lowest BCUT2D eigenvalue weighted by atomic mass is 9.76. The van der Waals surface area contributed by atoms with E-state index in [2.05, 4.69) is 43.6 Å². The van der Waals surface area contributed by atoms with Gasteiger partial charge in [-0.05, 0) is 50.7 Å². The van der Waals surface area contributed by atoms with Gasteiger partial charge in [0.05, 0.1) is 0 Å². The summed E-state index contributed by atoms with van der Waals surface area (Å²) in [6.07, 6.45) is 7.07. The molecule has 0 atom stereocenters. The van der Waals surface area contributed by atoms with Crippen molar-refractivity contribution in [3.05, 3.63) is 23.0 Å². The third-order valence-electron chi connectivity index (χ3n) is 4.92. The fourth-order valence-corrected chi connectivity index (χ4v) is 3.62. The van der Waals surface area contributed by atoms with Crippen LogP contribution in [-0.4, -0.2) is 11.1 Å². The zero-order valence-corrected chi connectivity index (χ0v) is 13.2. The molecule has 19 heavy (non-hydrogen) atoms. The molecule has 0 saturated heterocycles. The van der Waals surface area contributed by atoms with E-state index in [1.165, 1.54) is 55.6 Å². The molecule has 1 aromatic heterocycles. The van der Waals surface area contributed by atoms with Gasteiger partial charge in [-0.15, -0.1) is 0 Å². The van der Waals surface area contributed by atoms with Gasteiger partial charge in [-0.25, -0.2) is 0 Å². The van der Waals surface area contributed by atoms with Crippen molar-refractivity contribution in [3.8, 4) is 0 Å².